The molecule has 0 unspecified atom stereocenters. The minimum Gasteiger partial charge on any atom is -0.456 e. The number of tetrazole rings is 1. The smallest absolute Gasteiger partial charge is 0.184 e. The van der Waals surface area contributed by atoms with Crippen molar-refractivity contribution >= 4 is 22.1 Å². The first-order valence-corrected chi connectivity index (χ1v) is 18.5. The molecule has 8 heteroatoms. The first-order valence-electron chi connectivity index (χ1n) is 18.5. The Hall–Kier alpha value is -6.67. The normalized spacial score (nSPS) is 11.8. The molecule has 9 rings (SSSR count). The monoisotopic (exact) mass is 705 g/mol. The zero-order chi connectivity index (χ0) is 36.5. The van der Waals surface area contributed by atoms with Crippen LogP contribution >= 0.6 is 0 Å². The quantitative estimate of drug-likeness (QED) is 0.125. The molecule has 9 aromatic rings. The molecule has 0 aliphatic heterocycles. The number of pyridine rings is 1. The Bertz CT molecular complexity index is 2600. The molecule has 5 aromatic carbocycles. The second-order valence-electron chi connectivity index (χ2n) is 13.8. The van der Waals surface area contributed by atoms with Crippen molar-refractivity contribution in [3.05, 3.63) is 185 Å². The Kier molecular flexibility index (Phi) is 8.63. The minimum atomic E-state index is -0.876. The number of rotatable bonds is 11. The molecule has 4 aromatic heterocycles. The summed E-state index contributed by atoms with van der Waals surface area (Å²) < 4.78 is 10.9. The lowest BCUT2D eigenvalue weighted by molar-refractivity contribution is 0.451. The van der Waals surface area contributed by atoms with Crippen molar-refractivity contribution in [2.45, 2.75) is 45.2 Å². The molecule has 54 heavy (non-hydrogen) atoms. The van der Waals surface area contributed by atoms with Gasteiger partial charge < -0.3 is 8.98 Å². The highest BCUT2D eigenvalue weighted by molar-refractivity contribution is 5.87. The van der Waals surface area contributed by atoms with Gasteiger partial charge in [-0.05, 0) is 75.9 Å². The van der Waals surface area contributed by atoms with E-state index in [9.17, 15) is 0 Å². The van der Waals surface area contributed by atoms with Crippen LogP contribution in [-0.2, 0) is 18.5 Å². The molecule has 0 aliphatic carbocycles. The number of imidazole rings is 1. The standard InChI is InChI=1S/C46H39N7O/c1-3-4-24-42-48-43-32(2)27-28-47-45(43)52(42)31-33-25-26-40-34(29-33)30-41(54-40)38-22-14-15-23-39(38)44-49-50-51-53(44)46(35-16-8-5-9-17-35,36-18-10-6-11-19-36)37-20-12-7-13-21-37/h5-23,25-30H,3-4,24,31H2,1-2H3. The van der Waals surface area contributed by atoms with Gasteiger partial charge in [0.2, 0.25) is 0 Å². The van der Waals surface area contributed by atoms with E-state index in [4.69, 9.17) is 24.7 Å². The highest BCUT2D eigenvalue weighted by Gasteiger charge is 2.42. The van der Waals surface area contributed by atoms with Crippen LogP contribution in [0.2, 0.25) is 0 Å². The van der Waals surface area contributed by atoms with Crippen LogP contribution in [0, 0.1) is 6.92 Å². The van der Waals surface area contributed by atoms with Crippen LogP contribution in [0.1, 0.15) is 53.4 Å². The molecule has 8 nitrogen and oxygen atoms in total. The van der Waals surface area contributed by atoms with Crippen LogP contribution in [0.25, 0.3) is 44.8 Å². The van der Waals surface area contributed by atoms with Gasteiger partial charge in [-0.2, -0.15) is 0 Å². The average molecular weight is 706 g/mol. The summed E-state index contributed by atoms with van der Waals surface area (Å²) in [5.41, 5.74) is 9.03. The highest BCUT2D eigenvalue weighted by Crippen LogP contribution is 2.44. The molecule has 0 N–H and O–H groups in total. The summed E-state index contributed by atoms with van der Waals surface area (Å²) in [6, 6.07) is 50.1. The molecule has 0 bridgehead atoms. The number of aromatic nitrogens is 7. The van der Waals surface area contributed by atoms with Crippen molar-refractivity contribution in [2.75, 3.05) is 0 Å². The van der Waals surface area contributed by atoms with Gasteiger partial charge in [0.15, 0.2) is 11.5 Å². The Labute approximate surface area is 313 Å². The van der Waals surface area contributed by atoms with Gasteiger partial charge in [0, 0.05) is 29.1 Å². The van der Waals surface area contributed by atoms with Crippen molar-refractivity contribution in [3.8, 4) is 22.7 Å². The third kappa shape index (κ3) is 5.67. The van der Waals surface area contributed by atoms with Crippen molar-refractivity contribution in [2.24, 2.45) is 0 Å². The lowest BCUT2D eigenvalue weighted by Crippen LogP contribution is -2.39. The molecule has 264 valence electrons. The van der Waals surface area contributed by atoms with Gasteiger partial charge in [0.25, 0.3) is 0 Å². The highest BCUT2D eigenvalue weighted by atomic mass is 16.3. The van der Waals surface area contributed by atoms with E-state index in [0.717, 1.165) is 91.9 Å². The van der Waals surface area contributed by atoms with Crippen LogP contribution in [0.4, 0.5) is 0 Å². The SMILES string of the molecule is CCCCc1nc2c(C)ccnc2n1Cc1ccc2oc(-c3ccccc3-c3nnnn3C(c3ccccc3)(c3ccccc3)c3ccccc3)cc2c1. The maximum Gasteiger partial charge on any atom is 0.184 e. The molecule has 0 aliphatic rings. The van der Waals surface area contributed by atoms with Crippen LogP contribution in [0.5, 0.6) is 0 Å². The summed E-state index contributed by atoms with van der Waals surface area (Å²) in [6.07, 6.45) is 4.99. The van der Waals surface area contributed by atoms with E-state index >= 15 is 0 Å². The number of aryl methyl sites for hydroxylation is 2. The van der Waals surface area contributed by atoms with Crippen molar-refractivity contribution in [3.63, 3.8) is 0 Å². The van der Waals surface area contributed by atoms with Crippen LogP contribution in [-0.4, -0.2) is 34.7 Å². The first-order chi connectivity index (χ1) is 26.6. The van der Waals surface area contributed by atoms with E-state index in [1.165, 1.54) is 0 Å². The molecule has 0 radical (unpaired) electrons. The van der Waals surface area contributed by atoms with Gasteiger partial charge in [0.1, 0.15) is 28.2 Å². The zero-order valence-corrected chi connectivity index (χ0v) is 30.3. The Morgan fingerprint density at radius 1 is 0.704 bits per heavy atom. The second kappa shape index (κ2) is 14.0. The average Bonchev–Trinajstić information content (AvgIpc) is 3.97. The summed E-state index contributed by atoms with van der Waals surface area (Å²) in [7, 11) is 0. The maximum atomic E-state index is 6.62. The molecule has 0 fully saturated rings. The summed E-state index contributed by atoms with van der Waals surface area (Å²) in [6.45, 7) is 4.99. The Balaban J connectivity index is 1.16. The third-order valence-electron chi connectivity index (χ3n) is 10.4. The lowest BCUT2D eigenvalue weighted by Gasteiger charge is -2.36. The summed E-state index contributed by atoms with van der Waals surface area (Å²) >= 11 is 0. The van der Waals surface area contributed by atoms with E-state index in [0.29, 0.717) is 12.4 Å². The zero-order valence-electron chi connectivity index (χ0n) is 30.3. The number of fused-ring (bicyclic) bond motifs is 2. The van der Waals surface area contributed by atoms with E-state index in [1.807, 2.05) is 47.3 Å². The molecule has 0 saturated carbocycles. The molecule has 0 saturated heterocycles. The third-order valence-corrected chi connectivity index (χ3v) is 10.4. The fraction of sp³-hybridized carbons (Fsp3) is 0.152. The van der Waals surface area contributed by atoms with Crippen molar-refractivity contribution in [1.29, 1.82) is 0 Å². The van der Waals surface area contributed by atoms with Crippen molar-refractivity contribution < 1.29 is 4.42 Å². The lowest BCUT2D eigenvalue weighted by atomic mass is 9.77. The van der Waals surface area contributed by atoms with Gasteiger partial charge in [0.05, 0.1) is 6.54 Å². The van der Waals surface area contributed by atoms with Gasteiger partial charge in [-0.1, -0.05) is 135 Å². The van der Waals surface area contributed by atoms with E-state index < -0.39 is 5.54 Å². The summed E-state index contributed by atoms with van der Waals surface area (Å²) in [5, 5.41) is 14.9. The number of nitrogens with zero attached hydrogens (tertiary/aromatic N) is 7. The second-order valence-corrected chi connectivity index (χ2v) is 13.8. The van der Waals surface area contributed by atoms with Crippen LogP contribution < -0.4 is 0 Å². The number of unbranched alkanes of at least 4 members (excludes halogenated alkanes) is 1. The number of hydrogen-bond acceptors (Lipinski definition) is 6. The van der Waals surface area contributed by atoms with Gasteiger partial charge >= 0.3 is 0 Å². The van der Waals surface area contributed by atoms with E-state index in [2.05, 4.69) is 133 Å². The summed E-state index contributed by atoms with van der Waals surface area (Å²) in [5.74, 6) is 2.44. The fourth-order valence-electron chi connectivity index (χ4n) is 7.76. The van der Waals surface area contributed by atoms with Gasteiger partial charge in [-0.3, -0.25) is 0 Å². The fourth-order valence-corrected chi connectivity index (χ4v) is 7.76. The minimum absolute atomic E-state index is 0.623. The molecular formula is C46H39N7O. The van der Waals surface area contributed by atoms with E-state index in [1.54, 1.807) is 0 Å². The molecule has 0 spiro atoms. The predicted molar refractivity (Wildman–Crippen MR) is 213 cm³/mol. The van der Waals surface area contributed by atoms with Gasteiger partial charge in [-0.25, -0.2) is 14.6 Å². The molecule has 0 amide bonds. The van der Waals surface area contributed by atoms with Gasteiger partial charge in [-0.15, -0.1) is 5.10 Å². The summed E-state index contributed by atoms with van der Waals surface area (Å²) in [4.78, 5) is 9.79. The number of benzene rings is 5. The topological polar surface area (TPSA) is 87.4 Å². The molecule has 0 atom stereocenters. The number of hydrogen-bond donors (Lipinski definition) is 0. The number of furan rings is 1. The largest absolute Gasteiger partial charge is 0.456 e. The Morgan fingerprint density at radius 2 is 1.35 bits per heavy atom. The van der Waals surface area contributed by atoms with Crippen LogP contribution in [0.3, 0.4) is 0 Å². The van der Waals surface area contributed by atoms with E-state index in [-0.39, 0.29) is 0 Å². The first kappa shape index (κ1) is 33.2. The Morgan fingerprint density at radius 3 is 2.02 bits per heavy atom. The molecular weight excluding hydrogens is 667 g/mol. The predicted octanol–water partition coefficient (Wildman–Crippen LogP) is 10.0. The van der Waals surface area contributed by atoms with Crippen molar-refractivity contribution in [1.82, 2.24) is 34.7 Å². The van der Waals surface area contributed by atoms with Crippen LogP contribution in [0.15, 0.2) is 156 Å². The maximum absolute atomic E-state index is 6.62. The molecule has 4 heterocycles.